The van der Waals surface area contributed by atoms with Crippen LogP contribution in [0.1, 0.15) is 43.4 Å². The molecule has 3 amide bonds. The molecule has 0 aromatic heterocycles. The summed E-state index contributed by atoms with van der Waals surface area (Å²) in [5, 5.41) is 12.4. The maximum atomic E-state index is 13.3. The van der Waals surface area contributed by atoms with E-state index in [4.69, 9.17) is 14.2 Å². The number of alkyl halides is 6. The van der Waals surface area contributed by atoms with Crippen LogP contribution in [0.2, 0.25) is 0 Å². The zero-order valence-electron chi connectivity index (χ0n) is 22.4. The molecular weight excluding hydrogens is 574 g/mol. The number of rotatable bonds is 8. The molecular formula is C28H26F6N2O6. The first-order chi connectivity index (χ1) is 19.7. The number of carbonyl (C=O) groups is 2. The van der Waals surface area contributed by atoms with Gasteiger partial charge >= 0.3 is 18.4 Å². The Labute approximate surface area is 236 Å². The number of hydrogen-bond donors (Lipinski definition) is 2. The number of aliphatic hydroxyl groups is 1. The van der Waals surface area contributed by atoms with Crippen molar-refractivity contribution in [2.75, 3.05) is 19.9 Å². The van der Waals surface area contributed by atoms with Crippen LogP contribution in [0.4, 0.5) is 31.1 Å². The van der Waals surface area contributed by atoms with E-state index in [9.17, 15) is 41.0 Å². The summed E-state index contributed by atoms with van der Waals surface area (Å²) >= 11 is 0. The number of benzene rings is 2. The molecule has 226 valence electrons. The molecule has 1 saturated heterocycles. The lowest BCUT2D eigenvalue weighted by Gasteiger charge is -2.33. The zero-order chi connectivity index (χ0) is 30.9. The standard InChI is InChI=1S/C28H26F6N2O6/c1-3-7-17-14-19(26(39,27(29,30)31)28(32,33)34)9-10-20(17)40-13-6-5-12-36-23(37)25(4-2,35-24(36)38)18-8-11-21-22(15-18)42-16-41-21/h8-11,14-15,39H,3-4,7,12-13,16H2,1-2H3,(H,35,38). The van der Waals surface area contributed by atoms with E-state index in [0.29, 0.717) is 35.6 Å². The first-order valence-corrected chi connectivity index (χ1v) is 12.8. The number of nitrogens with one attached hydrogen (secondary N) is 1. The number of carbonyl (C=O) groups excluding carboxylic acids is 2. The van der Waals surface area contributed by atoms with E-state index in [2.05, 4.69) is 17.2 Å². The van der Waals surface area contributed by atoms with Gasteiger partial charge in [0.15, 0.2) is 11.5 Å². The molecule has 0 saturated carbocycles. The summed E-state index contributed by atoms with van der Waals surface area (Å²) in [6.07, 6.45) is -11.4. The van der Waals surface area contributed by atoms with Crippen LogP contribution in [0.3, 0.4) is 0 Å². The van der Waals surface area contributed by atoms with Crippen molar-refractivity contribution >= 4 is 11.9 Å². The topological polar surface area (TPSA) is 97.3 Å². The molecule has 2 heterocycles. The van der Waals surface area contributed by atoms with Gasteiger partial charge in [0.25, 0.3) is 11.5 Å². The molecule has 4 rings (SSSR count). The van der Waals surface area contributed by atoms with E-state index in [-0.39, 0.29) is 44.1 Å². The van der Waals surface area contributed by atoms with Gasteiger partial charge in [-0.1, -0.05) is 44.2 Å². The quantitative estimate of drug-likeness (QED) is 0.254. The summed E-state index contributed by atoms with van der Waals surface area (Å²) in [5.41, 5.74) is -7.28. The minimum Gasteiger partial charge on any atom is -0.481 e. The molecule has 2 aliphatic rings. The fraction of sp³-hybridized carbons (Fsp3) is 0.429. The first-order valence-electron chi connectivity index (χ1n) is 12.8. The molecule has 2 aliphatic heterocycles. The number of imide groups is 1. The maximum Gasteiger partial charge on any atom is 0.430 e. The Kier molecular flexibility index (Phi) is 8.28. The highest BCUT2D eigenvalue weighted by molar-refractivity contribution is 6.07. The first kappa shape index (κ1) is 30.8. The zero-order valence-corrected chi connectivity index (χ0v) is 22.4. The van der Waals surface area contributed by atoms with Gasteiger partial charge in [-0.05, 0) is 48.2 Å². The van der Waals surface area contributed by atoms with Crippen molar-refractivity contribution in [3.05, 3.63) is 53.1 Å². The van der Waals surface area contributed by atoms with Crippen molar-refractivity contribution in [3.8, 4) is 29.1 Å². The van der Waals surface area contributed by atoms with E-state index in [1.165, 1.54) is 0 Å². The summed E-state index contributed by atoms with van der Waals surface area (Å²) in [6, 6.07) is 6.26. The van der Waals surface area contributed by atoms with Crippen LogP contribution in [-0.2, 0) is 22.4 Å². The second-order valence-corrected chi connectivity index (χ2v) is 9.57. The van der Waals surface area contributed by atoms with Crippen molar-refractivity contribution < 1.29 is 55.2 Å². The Morgan fingerprint density at radius 3 is 2.33 bits per heavy atom. The smallest absolute Gasteiger partial charge is 0.430 e. The normalized spacial score (nSPS) is 18.5. The summed E-state index contributed by atoms with van der Waals surface area (Å²) in [5.74, 6) is 5.61. The lowest BCUT2D eigenvalue weighted by molar-refractivity contribution is -0.376. The van der Waals surface area contributed by atoms with Crippen molar-refractivity contribution in [1.82, 2.24) is 10.2 Å². The second-order valence-electron chi connectivity index (χ2n) is 9.57. The third-order valence-electron chi connectivity index (χ3n) is 7.05. The summed E-state index contributed by atoms with van der Waals surface area (Å²) in [4.78, 5) is 26.9. The molecule has 1 fully saturated rings. The van der Waals surface area contributed by atoms with Gasteiger partial charge < -0.3 is 24.6 Å². The Hall–Kier alpha value is -4.12. The van der Waals surface area contributed by atoms with Crippen molar-refractivity contribution in [2.24, 2.45) is 0 Å². The van der Waals surface area contributed by atoms with E-state index < -0.39 is 41.0 Å². The molecule has 1 unspecified atom stereocenters. The van der Waals surface area contributed by atoms with E-state index in [1.807, 2.05) is 0 Å². The SMILES string of the molecule is CCCc1cc(C(O)(C(F)(F)F)C(F)(F)F)ccc1OCC#CCN1C(=O)NC(CC)(c2ccc3c(c2)OCO3)C1=O. The molecule has 0 radical (unpaired) electrons. The monoisotopic (exact) mass is 600 g/mol. The number of amides is 3. The van der Waals surface area contributed by atoms with Crippen LogP contribution in [0.15, 0.2) is 36.4 Å². The predicted octanol–water partition coefficient (Wildman–Crippen LogP) is 4.92. The van der Waals surface area contributed by atoms with E-state index in [0.717, 1.165) is 11.0 Å². The highest BCUT2D eigenvalue weighted by atomic mass is 19.4. The lowest BCUT2D eigenvalue weighted by atomic mass is 9.87. The molecule has 42 heavy (non-hydrogen) atoms. The van der Waals surface area contributed by atoms with Gasteiger partial charge in [-0.2, -0.15) is 26.3 Å². The fourth-order valence-electron chi connectivity index (χ4n) is 4.77. The number of fused-ring (bicyclic) bond motifs is 1. The number of aryl methyl sites for hydroxylation is 1. The van der Waals surface area contributed by atoms with Gasteiger partial charge in [0.2, 0.25) is 6.79 Å². The van der Waals surface area contributed by atoms with Crippen molar-refractivity contribution in [1.29, 1.82) is 0 Å². The number of urea groups is 1. The van der Waals surface area contributed by atoms with Crippen LogP contribution >= 0.6 is 0 Å². The number of nitrogens with zero attached hydrogens (tertiary/aromatic N) is 1. The molecule has 0 bridgehead atoms. The third-order valence-corrected chi connectivity index (χ3v) is 7.05. The Balaban J connectivity index is 1.47. The molecule has 1 atom stereocenters. The van der Waals surface area contributed by atoms with Gasteiger partial charge in [-0.3, -0.25) is 9.69 Å². The van der Waals surface area contributed by atoms with Gasteiger partial charge in [-0.15, -0.1) is 0 Å². The van der Waals surface area contributed by atoms with Gasteiger partial charge in [0, 0.05) is 5.56 Å². The number of hydrogen-bond acceptors (Lipinski definition) is 6. The fourth-order valence-corrected chi connectivity index (χ4v) is 4.77. The number of halogens is 6. The van der Waals surface area contributed by atoms with Crippen LogP contribution in [0.5, 0.6) is 17.2 Å². The van der Waals surface area contributed by atoms with Gasteiger partial charge in [0.1, 0.15) is 17.9 Å². The summed E-state index contributed by atoms with van der Waals surface area (Å²) in [7, 11) is 0. The number of ether oxygens (including phenoxy) is 3. The van der Waals surface area contributed by atoms with Crippen molar-refractivity contribution in [2.45, 2.75) is 56.6 Å². The Morgan fingerprint density at radius 2 is 1.69 bits per heavy atom. The average Bonchev–Trinajstić information content (AvgIpc) is 3.49. The summed E-state index contributed by atoms with van der Waals surface area (Å²) in [6.45, 7) is 2.79. The van der Waals surface area contributed by atoms with Crippen LogP contribution in [0.25, 0.3) is 0 Å². The Morgan fingerprint density at radius 1 is 1.00 bits per heavy atom. The van der Waals surface area contributed by atoms with Crippen LogP contribution in [0, 0.1) is 11.8 Å². The molecule has 8 nitrogen and oxygen atoms in total. The molecule has 2 aromatic rings. The second kappa shape index (κ2) is 11.3. The molecule has 2 N–H and O–H groups in total. The average molecular weight is 601 g/mol. The highest BCUT2D eigenvalue weighted by Crippen LogP contribution is 2.50. The highest BCUT2D eigenvalue weighted by Gasteiger charge is 2.71. The van der Waals surface area contributed by atoms with E-state index >= 15 is 0 Å². The maximum absolute atomic E-state index is 13.3. The largest absolute Gasteiger partial charge is 0.481 e. The van der Waals surface area contributed by atoms with Crippen LogP contribution < -0.4 is 19.5 Å². The Bertz CT molecular complexity index is 1420. The minimum atomic E-state index is -6.01. The lowest BCUT2D eigenvalue weighted by Crippen LogP contribution is -2.53. The predicted molar refractivity (Wildman–Crippen MR) is 134 cm³/mol. The third kappa shape index (κ3) is 5.29. The molecule has 0 spiro atoms. The van der Waals surface area contributed by atoms with Gasteiger partial charge in [-0.25, -0.2) is 4.79 Å². The summed E-state index contributed by atoms with van der Waals surface area (Å²) < 4.78 is 96.0. The molecule has 14 heteroatoms. The molecule has 2 aromatic carbocycles. The minimum absolute atomic E-state index is 0.00859. The van der Waals surface area contributed by atoms with E-state index in [1.54, 1.807) is 32.0 Å². The molecule has 0 aliphatic carbocycles. The van der Waals surface area contributed by atoms with Crippen LogP contribution in [-0.4, -0.2) is 54.2 Å². The van der Waals surface area contributed by atoms with Gasteiger partial charge in [0.05, 0.1) is 6.54 Å². The van der Waals surface area contributed by atoms with Crippen molar-refractivity contribution in [3.63, 3.8) is 0 Å².